The third-order valence-corrected chi connectivity index (χ3v) is 13.7. The van der Waals surface area contributed by atoms with E-state index in [0.717, 1.165) is 89.9 Å². The molecule has 18 N–H and O–H groups in total. The SMILES string of the molecule is CCCCCCCCCCC(CCCCCCCCCC)(CNC(=O)[C@H](O)[C@@H](O)[C@H](O[C@H]1O[C@H](CO)[C@@H](O)[C@H](O)[C@H]1O)[C@H](O)CO)CNC(=O)[C@H](O)[C@@H](O)[C@H](O[C@H]1O[C@H](CO)[C@@H](O)[C@H](O)[C@H]1O)[C@H](O)CO. The minimum absolute atomic E-state index is 0.256. The summed E-state index contributed by atoms with van der Waals surface area (Å²) >= 11 is 0. The third kappa shape index (κ3) is 20.7. The van der Waals surface area contributed by atoms with Crippen molar-refractivity contribution < 1.29 is 110 Å². The van der Waals surface area contributed by atoms with Crippen LogP contribution in [0.1, 0.15) is 129 Å². The predicted octanol–water partition coefficient (Wildman–Crippen LogP) is -4.21. The van der Waals surface area contributed by atoms with Gasteiger partial charge in [-0.15, -0.1) is 0 Å². The number of hydrogen-bond donors (Lipinski definition) is 18. The van der Waals surface area contributed by atoms with Crippen LogP contribution in [0.2, 0.25) is 0 Å². The van der Waals surface area contributed by atoms with Gasteiger partial charge in [0.05, 0.1) is 26.4 Å². The molecule has 2 rings (SSSR count). The van der Waals surface area contributed by atoms with Crippen LogP contribution in [0, 0.1) is 5.41 Å². The summed E-state index contributed by atoms with van der Waals surface area (Å²) in [6.45, 7) is -0.152. The van der Waals surface area contributed by atoms with Crippen molar-refractivity contribution in [1.29, 1.82) is 0 Å². The van der Waals surface area contributed by atoms with Crippen molar-refractivity contribution >= 4 is 11.8 Å². The first-order valence-corrected chi connectivity index (χ1v) is 25.6. The van der Waals surface area contributed by atoms with Gasteiger partial charge in [0.2, 0.25) is 0 Å². The number of carbonyl (C=O) groups excluding carboxylic acids is 2. The summed E-state index contributed by atoms with van der Waals surface area (Å²) in [6, 6.07) is 0. The van der Waals surface area contributed by atoms with E-state index in [1.54, 1.807) is 0 Å². The first kappa shape index (κ1) is 65.3. The standard InChI is InChI=1S/C47H90N2O22/c1-3-5-7-9-11-13-15-17-19-47(20-18-16-14-12-10-8-6-4-2,25-48-43(66)37(62)35(60)41(27(54)21-50)70-45-39(64)33(58)31(56)29(23-52)68-45)26-49-44(67)38(63)36(61)42(28(55)22-51)71-46-40(65)34(59)32(57)30(24-53)69-46/h27-42,45-46,50-65H,3-26H2,1-2H3,(H,48,66)(H,49,67)/t27-,28-,29-,30-,31-,32-,33+,34+,35-,36-,37-,38-,39-,40-,41-,42-,45-,46-/m1/s1. The number of nitrogens with one attached hydrogen (secondary N) is 2. The number of carbonyl (C=O) groups is 2. The lowest BCUT2D eigenvalue weighted by Crippen LogP contribution is -2.62. The fourth-order valence-corrected chi connectivity index (χ4v) is 8.91. The van der Waals surface area contributed by atoms with E-state index in [4.69, 9.17) is 18.9 Å². The normalized spacial score (nSPS) is 28.6. The van der Waals surface area contributed by atoms with Crippen LogP contribution in [-0.4, -0.2) is 243 Å². The molecule has 0 unspecified atom stereocenters. The Hall–Kier alpha value is -1.86. The smallest absolute Gasteiger partial charge is 0.251 e. The van der Waals surface area contributed by atoms with Crippen LogP contribution in [0.15, 0.2) is 0 Å². The zero-order chi connectivity index (χ0) is 53.3. The van der Waals surface area contributed by atoms with Crippen molar-refractivity contribution in [1.82, 2.24) is 10.6 Å². The molecule has 0 saturated carbocycles. The van der Waals surface area contributed by atoms with Crippen molar-refractivity contribution in [3.8, 4) is 0 Å². The van der Waals surface area contributed by atoms with Gasteiger partial charge in [-0.25, -0.2) is 0 Å². The second-order valence-electron chi connectivity index (χ2n) is 19.4. The summed E-state index contributed by atoms with van der Waals surface area (Å²) in [4.78, 5) is 27.5. The molecule has 0 aromatic rings. The summed E-state index contributed by atoms with van der Waals surface area (Å²) in [6.07, 6.45) is -20.0. The molecule has 0 aliphatic carbocycles. The van der Waals surface area contributed by atoms with E-state index >= 15 is 0 Å². The molecule has 2 amide bonds. The molecule has 24 heteroatoms. The van der Waals surface area contributed by atoms with Gasteiger partial charge >= 0.3 is 0 Å². The van der Waals surface area contributed by atoms with Crippen LogP contribution >= 0.6 is 0 Å². The molecule has 2 aliphatic rings. The minimum Gasteiger partial charge on any atom is -0.394 e. The highest BCUT2D eigenvalue weighted by atomic mass is 16.7. The number of rotatable bonds is 38. The molecule has 0 radical (unpaired) electrons. The van der Waals surface area contributed by atoms with Gasteiger partial charge in [-0.3, -0.25) is 9.59 Å². The fourth-order valence-electron chi connectivity index (χ4n) is 8.91. The molecule has 18 atom stereocenters. The Labute approximate surface area is 416 Å². The molecule has 2 aliphatic heterocycles. The van der Waals surface area contributed by atoms with E-state index in [9.17, 15) is 91.3 Å². The second-order valence-corrected chi connectivity index (χ2v) is 19.4. The molecule has 2 fully saturated rings. The average Bonchev–Trinajstić information content (AvgIpc) is 3.37. The van der Waals surface area contributed by atoms with E-state index in [1.807, 2.05) is 0 Å². The lowest BCUT2D eigenvalue weighted by molar-refractivity contribution is -0.326. The monoisotopic (exact) mass is 1030 g/mol. The van der Waals surface area contributed by atoms with Crippen molar-refractivity contribution in [2.45, 2.75) is 240 Å². The zero-order valence-electron chi connectivity index (χ0n) is 41.5. The van der Waals surface area contributed by atoms with Gasteiger partial charge in [-0.2, -0.15) is 0 Å². The van der Waals surface area contributed by atoms with Crippen LogP contribution in [0.4, 0.5) is 0 Å². The summed E-state index contributed by atoms with van der Waals surface area (Å²) in [7, 11) is 0. The van der Waals surface area contributed by atoms with Crippen LogP contribution in [0.5, 0.6) is 0 Å². The van der Waals surface area contributed by atoms with Crippen LogP contribution in [-0.2, 0) is 28.5 Å². The van der Waals surface area contributed by atoms with Gasteiger partial charge in [0, 0.05) is 18.5 Å². The van der Waals surface area contributed by atoms with Crippen LogP contribution < -0.4 is 10.6 Å². The Balaban J connectivity index is 2.42. The van der Waals surface area contributed by atoms with Crippen molar-refractivity contribution in [2.75, 3.05) is 39.5 Å². The first-order chi connectivity index (χ1) is 33.8. The largest absolute Gasteiger partial charge is 0.394 e. The summed E-state index contributed by atoms with van der Waals surface area (Å²) < 4.78 is 21.6. The van der Waals surface area contributed by atoms with E-state index in [-0.39, 0.29) is 13.1 Å². The Morgan fingerprint density at radius 2 is 0.789 bits per heavy atom. The number of unbranched alkanes of at least 4 members (excludes halogenated alkanes) is 14. The van der Waals surface area contributed by atoms with Crippen LogP contribution in [0.25, 0.3) is 0 Å². The maximum Gasteiger partial charge on any atom is 0.251 e. The second kappa shape index (κ2) is 34.7. The molecule has 71 heavy (non-hydrogen) atoms. The number of hydrogen-bond acceptors (Lipinski definition) is 22. The number of ether oxygens (including phenoxy) is 4. The van der Waals surface area contributed by atoms with Crippen molar-refractivity contribution in [3.63, 3.8) is 0 Å². The van der Waals surface area contributed by atoms with E-state index in [1.165, 1.54) is 0 Å². The van der Waals surface area contributed by atoms with E-state index in [2.05, 4.69) is 24.5 Å². The Kier molecular flexibility index (Phi) is 31.9. The summed E-state index contributed by atoms with van der Waals surface area (Å²) in [5.74, 6) is -2.40. The number of aliphatic hydroxyl groups is 16. The molecular weight excluding hydrogens is 945 g/mol. The van der Waals surface area contributed by atoms with Crippen LogP contribution in [0.3, 0.4) is 0 Å². The molecule has 0 bridgehead atoms. The van der Waals surface area contributed by atoms with E-state index < -0.39 is 154 Å². The molecule has 0 aromatic heterocycles. The lowest BCUT2D eigenvalue weighted by Gasteiger charge is -2.42. The summed E-state index contributed by atoms with van der Waals surface area (Å²) in [5, 5.41) is 172. The lowest BCUT2D eigenvalue weighted by atomic mass is 9.77. The maximum absolute atomic E-state index is 13.8. The average molecular weight is 1040 g/mol. The fraction of sp³-hybridized carbons (Fsp3) is 0.957. The molecule has 420 valence electrons. The Bertz CT molecular complexity index is 1320. The van der Waals surface area contributed by atoms with Gasteiger partial charge in [-0.1, -0.05) is 117 Å². The quantitative estimate of drug-likeness (QED) is 0.0261. The van der Waals surface area contributed by atoms with Gasteiger partial charge in [-0.05, 0) is 12.8 Å². The van der Waals surface area contributed by atoms with Crippen molar-refractivity contribution in [3.05, 3.63) is 0 Å². The van der Waals surface area contributed by atoms with Gasteiger partial charge in [0.1, 0.15) is 85.5 Å². The molecular formula is C47H90N2O22. The molecule has 2 saturated heterocycles. The molecule has 0 spiro atoms. The van der Waals surface area contributed by atoms with Gasteiger partial charge < -0.3 is 111 Å². The number of aliphatic hydroxyl groups excluding tert-OH is 16. The minimum atomic E-state index is -2.39. The maximum atomic E-state index is 13.8. The van der Waals surface area contributed by atoms with Gasteiger partial charge in [0.15, 0.2) is 24.8 Å². The van der Waals surface area contributed by atoms with Crippen molar-refractivity contribution in [2.24, 2.45) is 5.41 Å². The zero-order valence-corrected chi connectivity index (χ0v) is 41.5. The highest BCUT2D eigenvalue weighted by Gasteiger charge is 2.49. The first-order valence-electron chi connectivity index (χ1n) is 25.6. The molecule has 2 heterocycles. The predicted molar refractivity (Wildman–Crippen MR) is 250 cm³/mol. The molecule has 24 nitrogen and oxygen atoms in total. The summed E-state index contributed by atoms with van der Waals surface area (Å²) in [5.41, 5.74) is -1.03. The molecule has 0 aromatic carbocycles. The highest BCUT2D eigenvalue weighted by Crippen LogP contribution is 2.33. The topological polar surface area (TPSA) is 419 Å². The Morgan fingerprint density at radius 3 is 1.08 bits per heavy atom. The van der Waals surface area contributed by atoms with Gasteiger partial charge in [0.25, 0.3) is 11.8 Å². The Morgan fingerprint density at radius 1 is 0.479 bits per heavy atom. The third-order valence-electron chi connectivity index (χ3n) is 13.7. The highest BCUT2D eigenvalue weighted by molar-refractivity contribution is 5.82. The van der Waals surface area contributed by atoms with E-state index in [0.29, 0.717) is 25.7 Å². The number of amides is 2.